The molecule has 9 heteroatoms. The maximum Gasteiger partial charge on any atom is 0.325 e. The third-order valence-electron chi connectivity index (χ3n) is 6.99. The third-order valence-corrected chi connectivity index (χ3v) is 8.08. The largest absolute Gasteiger partial charge is 0.496 e. The van der Waals surface area contributed by atoms with Crippen LogP contribution in [-0.2, 0) is 21.6 Å². The van der Waals surface area contributed by atoms with E-state index in [0.717, 1.165) is 44.7 Å². The van der Waals surface area contributed by atoms with Crippen LogP contribution in [-0.4, -0.2) is 48.7 Å². The van der Waals surface area contributed by atoms with E-state index in [1.807, 2.05) is 51.1 Å². The molecule has 2 heterocycles. The number of hydrogen-bond donors (Lipinski definition) is 1. The second kappa shape index (κ2) is 10.5. The zero-order valence-electron chi connectivity index (χ0n) is 22.4. The highest BCUT2D eigenvalue weighted by Gasteiger charge is 2.39. The fourth-order valence-corrected chi connectivity index (χ4v) is 6.08. The Kier molecular flexibility index (Phi) is 7.54. The molecule has 0 aliphatic carbocycles. The highest BCUT2D eigenvalue weighted by molar-refractivity contribution is 8.14. The zero-order chi connectivity index (χ0) is 26.9. The molecule has 8 nitrogen and oxygen atoms in total. The minimum Gasteiger partial charge on any atom is -0.496 e. The molecule has 2 aromatic carbocycles. The molecule has 0 radical (unpaired) electrons. The monoisotopic (exact) mass is 523 g/mol. The lowest BCUT2D eigenvalue weighted by atomic mass is 9.88. The molecule has 37 heavy (non-hydrogen) atoms. The van der Waals surface area contributed by atoms with E-state index >= 15 is 0 Å². The first kappa shape index (κ1) is 26.6. The number of carbonyl (C=O) groups is 2. The number of methoxy groups -OCH3 is 3. The van der Waals surface area contributed by atoms with Gasteiger partial charge >= 0.3 is 5.97 Å². The Bertz CT molecular complexity index is 1410. The molecule has 0 spiro atoms. The molecule has 1 amide bonds. The van der Waals surface area contributed by atoms with Crippen molar-refractivity contribution in [2.24, 2.45) is 4.99 Å². The van der Waals surface area contributed by atoms with E-state index in [0.29, 0.717) is 23.0 Å². The Morgan fingerprint density at radius 3 is 2.46 bits per heavy atom. The Morgan fingerprint density at radius 1 is 1.08 bits per heavy atom. The number of thioether (sulfide) groups is 1. The Balaban J connectivity index is 1.74. The first-order chi connectivity index (χ1) is 17.7. The van der Waals surface area contributed by atoms with Crippen molar-refractivity contribution in [3.63, 3.8) is 0 Å². The van der Waals surface area contributed by atoms with Crippen molar-refractivity contribution in [2.75, 3.05) is 27.1 Å². The quantitative estimate of drug-likeness (QED) is 0.443. The average molecular weight is 524 g/mol. The number of esters is 1. The van der Waals surface area contributed by atoms with E-state index in [1.165, 1.54) is 18.9 Å². The van der Waals surface area contributed by atoms with Gasteiger partial charge in [-0.15, -0.1) is 0 Å². The molecule has 0 saturated carbocycles. The number of hydrogen-bond acceptors (Lipinski definition) is 7. The summed E-state index contributed by atoms with van der Waals surface area (Å²) in [5.41, 5.74) is 4.41. The van der Waals surface area contributed by atoms with Crippen LogP contribution in [0.25, 0.3) is 10.9 Å². The van der Waals surface area contributed by atoms with Crippen molar-refractivity contribution in [1.82, 2.24) is 9.88 Å². The number of fused-ring (bicyclic) bond motifs is 1. The normalized spacial score (nSPS) is 17.0. The number of benzene rings is 2. The van der Waals surface area contributed by atoms with E-state index < -0.39 is 11.5 Å². The van der Waals surface area contributed by atoms with Crippen molar-refractivity contribution < 1.29 is 23.8 Å². The zero-order valence-corrected chi connectivity index (χ0v) is 23.2. The second-order valence-electron chi connectivity index (χ2n) is 9.22. The molecular weight excluding hydrogens is 490 g/mol. The Labute approximate surface area is 221 Å². The molecule has 196 valence electrons. The van der Waals surface area contributed by atoms with Crippen LogP contribution in [0, 0.1) is 20.8 Å². The highest BCUT2D eigenvalue weighted by Crippen LogP contribution is 2.45. The maximum absolute atomic E-state index is 13.6. The lowest BCUT2D eigenvalue weighted by Gasteiger charge is -2.27. The van der Waals surface area contributed by atoms with Crippen LogP contribution in [0.3, 0.4) is 0 Å². The highest BCUT2D eigenvalue weighted by atomic mass is 32.2. The van der Waals surface area contributed by atoms with Gasteiger partial charge in [-0.2, -0.15) is 0 Å². The molecular formula is C28H33N3O5S. The predicted octanol–water partition coefficient (Wildman–Crippen LogP) is 4.89. The molecule has 0 saturated heterocycles. The molecule has 1 aliphatic heterocycles. The van der Waals surface area contributed by atoms with Crippen LogP contribution in [0.15, 0.2) is 35.3 Å². The van der Waals surface area contributed by atoms with Gasteiger partial charge in [0.1, 0.15) is 29.3 Å². The number of aliphatic imine (C=N–C) groups is 1. The van der Waals surface area contributed by atoms with E-state index in [2.05, 4.69) is 12.2 Å². The van der Waals surface area contributed by atoms with E-state index in [4.69, 9.17) is 19.2 Å². The first-order valence-corrected chi connectivity index (χ1v) is 13.1. The molecule has 0 bridgehead atoms. The molecule has 1 unspecified atom stereocenters. The molecule has 3 aromatic rings. The summed E-state index contributed by atoms with van der Waals surface area (Å²) in [6.07, 6.45) is 0.711. The van der Waals surface area contributed by atoms with Crippen molar-refractivity contribution in [3.05, 3.63) is 58.3 Å². The van der Waals surface area contributed by atoms with Gasteiger partial charge in [0.15, 0.2) is 5.17 Å². The Morgan fingerprint density at radius 2 is 1.81 bits per heavy atom. The number of ether oxygens (including phenoxy) is 3. The van der Waals surface area contributed by atoms with Crippen molar-refractivity contribution in [1.29, 1.82) is 0 Å². The van der Waals surface area contributed by atoms with Crippen LogP contribution in [0.1, 0.15) is 46.1 Å². The van der Waals surface area contributed by atoms with Gasteiger partial charge in [0.05, 0.1) is 21.3 Å². The minimum atomic E-state index is -0.579. The molecule has 4 rings (SSSR count). The number of amides is 1. The summed E-state index contributed by atoms with van der Waals surface area (Å²) in [6, 6.07) is 9.85. The first-order valence-electron chi connectivity index (χ1n) is 12.1. The average Bonchev–Trinajstić information content (AvgIpc) is 3.42. The number of amidine groups is 1. The van der Waals surface area contributed by atoms with Crippen LogP contribution in [0.2, 0.25) is 0 Å². The lowest BCUT2D eigenvalue weighted by Crippen LogP contribution is -2.31. The second-order valence-corrected chi connectivity index (χ2v) is 10.2. The number of rotatable bonds is 7. The fraction of sp³-hybridized carbons (Fsp3) is 0.393. The van der Waals surface area contributed by atoms with Crippen molar-refractivity contribution in [2.45, 2.75) is 46.2 Å². The van der Waals surface area contributed by atoms with Gasteiger partial charge in [-0.25, -0.2) is 4.99 Å². The molecule has 1 aromatic heterocycles. The predicted molar refractivity (Wildman–Crippen MR) is 147 cm³/mol. The van der Waals surface area contributed by atoms with Crippen LogP contribution < -0.4 is 14.8 Å². The SMILES string of the molecule is CCC1(c2cc(OC)c(C)cc2OC)CSC(NC(=O)c2c(C)c3cc(C)ccc3n2CC(=O)OC)=N1. The Hall–Kier alpha value is -3.46. The van der Waals surface area contributed by atoms with E-state index in [9.17, 15) is 9.59 Å². The fourth-order valence-electron chi connectivity index (χ4n) is 4.88. The standard InChI is InChI=1S/C28H33N3O5S/c1-8-28(20-13-22(34-5)17(3)12-23(20)35-6)15-37-27(30-28)29-26(33)25-18(4)19-11-16(2)9-10-21(19)31(25)14-24(32)36-7/h9-13H,8,14-15H2,1-7H3,(H,29,30,33). The van der Waals surface area contributed by atoms with Crippen LogP contribution in [0.4, 0.5) is 0 Å². The summed E-state index contributed by atoms with van der Waals surface area (Å²) in [6.45, 7) is 7.87. The summed E-state index contributed by atoms with van der Waals surface area (Å²) >= 11 is 1.49. The van der Waals surface area contributed by atoms with Gasteiger partial charge in [-0.3, -0.25) is 14.9 Å². The molecule has 1 N–H and O–H groups in total. The molecule has 1 atom stereocenters. The van der Waals surface area contributed by atoms with Gasteiger partial charge in [0, 0.05) is 22.2 Å². The number of nitrogens with one attached hydrogen (secondary N) is 1. The summed E-state index contributed by atoms with van der Waals surface area (Å²) in [4.78, 5) is 30.9. The van der Waals surface area contributed by atoms with E-state index in [-0.39, 0.29) is 12.5 Å². The van der Waals surface area contributed by atoms with Crippen LogP contribution >= 0.6 is 11.8 Å². The van der Waals surface area contributed by atoms with Crippen molar-refractivity contribution >= 4 is 39.7 Å². The lowest BCUT2D eigenvalue weighted by molar-refractivity contribution is -0.141. The van der Waals surface area contributed by atoms with Gasteiger partial charge in [-0.1, -0.05) is 30.3 Å². The van der Waals surface area contributed by atoms with Gasteiger partial charge in [-0.05, 0) is 62.6 Å². The van der Waals surface area contributed by atoms with E-state index in [1.54, 1.807) is 18.8 Å². The smallest absolute Gasteiger partial charge is 0.325 e. The summed E-state index contributed by atoms with van der Waals surface area (Å²) in [5.74, 6) is 1.40. The number of aryl methyl sites for hydroxylation is 3. The van der Waals surface area contributed by atoms with Gasteiger partial charge in [0.25, 0.3) is 5.91 Å². The van der Waals surface area contributed by atoms with Gasteiger partial charge in [0.2, 0.25) is 0 Å². The topological polar surface area (TPSA) is 91.2 Å². The summed E-state index contributed by atoms with van der Waals surface area (Å²) in [5, 5.41) is 4.46. The number of carbonyl (C=O) groups excluding carboxylic acids is 2. The summed E-state index contributed by atoms with van der Waals surface area (Å²) < 4.78 is 17.9. The number of nitrogens with zero attached hydrogens (tertiary/aromatic N) is 2. The van der Waals surface area contributed by atoms with Gasteiger partial charge < -0.3 is 18.8 Å². The summed E-state index contributed by atoms with van der Waals surface area (Å²) in [7, 11) is 4.63. The minimum absolute atomic E-state index is 0.0640. The number of aromatic nitrogens is 1. The molecule has 1 aliphatic rings. The van der Waals surface area contributed by atoms with Crippen LogP contribution in [0.5, 0.6) is 11.5 Å². The van der Waals surface area contributed by atoms with Crippen molar-refractivity contribution in [3.8, 4) is 11.5 Å². The third kappa shape index (κ3) is 4.80. The maximum atomic E-state index is 13.6. The molecule has 0 fully saturated rings.